The monoisotopic (exact) mass is 345 g/mol. The Kier molecular flexibility index (Phi) is 5.83. The molecule has 1 saturated carbocycles. The van der Waals surface area contributed by atoms with Crippen molar-refractivity contribution in [3.8, 4) is 0 Å². The highest BCUT2D eigenvalue weighted by Crippen LogP contribution is 2.24. The van der Waals surface area contributed by atoms with Gasteiger partial charge in [-0.2, -0.15) is 0 Å². The van der Waals surface area contributed by atoms with Crippen molar-refractivity contribution in [1.82, 2.24) is 19.8 Å². The molecule has 2 amide bonds. The molecule has 1 aliphatic carbocycles. The van der Waals surface area contributed by atoms with Gasteiger partial charge in [0.05, 0.1) is 0 Å². The lowest BCUT2D eigenvalue weighted by atomic mass is 10.2. The minimum absolute atomic E-state index is 0.0887. The molecular formula is C18H27N5O2. The molecule has 0 bridgehead atoms. The number of piperazine rings is 1. The maximum absolute atomic E-state index is 12.5. The molecule has 2 fully saturated rings. The van der Waals surface area contributed by atoms with Gasteiger partial charge in [0.15, 0.2) is 0 Å². The van der Waals surface area contributed by atoms with E-state index in [-0.39, 0.29) is 11.8 Å². The molecule has 1 aromatic rings. The number of amides is 2. The molecule has 1 aliphatic heterocycles. The van der Waals surface area contributed by atoms with E-state index in [2.05, 4.69) is 14.9 Å². The smallest absolute Gasteiger partial charge is 0.225 e. The van der Waals surface area contributed by atoms with Gasteiger partial charge in [0.1, 0.15) is 0 Å². The molecule has 2 aliphatic rings. The average molecular weight is 345 g/mol. The molecule has 1 aromatic heterocycles. The van der Waals surface area contributed by atoms with Gasteiger partial charge in [0.25, 0.3) is 0 Å². The lowest BCUT2D eigenvalue weighted by molar-refractivity contribution is -0.134. The first-order valence-electron chi connectivity index (χ1n) is 9.22. The van der Waals surface area contributed by atoms with E-state index in [0.717, 1.165) is 31.9 Å². The summed E-state index contributed by atoms with van der Waals surface area (Å²) < 4.78 is 0. The van der Waals surface area contributed by atoms with Gasteiger partial charge >= 0.3 is 0 Å². The van der Waals surface area contributed by atoms with Crippen molar-refractivity contribution in [2.45, 2.75) is 45.1 Å². The topological polar surface area (TPSA) is 69.6 Å². The summed E-state index contributed by atoms with van der Waals surface area (Å²) in [6.45, 7) is 5.01. The summed E-state index contributed by atoms with van der Waals surface area (Å²) in [5, 5.41) is 0. The van der Waals surface area contributed by atoms with Crippen LogP contribution in [0.25, 0.3) is 0 Å². The Morgan fingerprint density at radius 1 is 1.12 bits per heavy atom. The first kappa shape index (κ1) is 17.6. The molecule has 7 nitrogen and oxygen atoms in total. The van der Waals surface area contributed by atoms with Crippen molar-refractivity contribution in [3.63, 3.8) is 0 Å². The maximum Gasteiger partial charge on any atom is 0.225 e. The van der Waals surface area contributed by atoms with E-state index in [1.165, 1.54) is 12.8 Å². The van der Waals surface area contributed by atoms with E-state index >= 15 is 0 Å². The van der Waals surface area contributed by atoms with Crippen molar-refractivity contribution in [2.24, 2.45) is 0 Å². The van der Waals surface area contributed by atoms with E-state index in [0.29, 0.717) is 32.1 Å². The number of anilines is 1. The van der Waals surface area contributed by atoms with Gasteiger partial charge in [-0.25, -0.2) is 9.97 Å². The van der Waals surface area contributed by atoms with Crippen LogP contribution < -0.4 is 4.90 Å². The first-order chi connectivity index (χ1) is 12.1. The third-order valence-corrected chi connectivity index (χ3v) is 5.20. The van der Waals surface area contributed by atoms with Crippen LogP contribution in [-0.4, -0.2) is 70.3 Å². The van der Waals surface area contributed by atoms with Gasteiger partial charge in [-0.3, -0.25) is 9.59 Å². The number of nitrogens with zero attached hydrogens (tertiary/aromatic N) is 5. The maximum atomic E-state index is 12.5. The fraction of sp³-hybridized carbons (Fsp3) is 0.667. The summed E-state index contributed by atoms with van der Waals surface area (Å²) in [4.78, 5) is 38.8. The molecule has 136 valence electrons. The minimum Gasteiger partial charge on any atom is -0.339 e. The van der Waals surface area contributed by atoms with Gasteiger partial charge in [-0.05, 0) is 18.9 Å². The number of aromatic nitrogens is 2. The van der Waals surface area contributed by atoms with E-state index < -0.39 is 0 Å². The van der Waals surface area contributed by atoms with Crippen molar-refractivity contribution >= 4 is 17.8 Å². The van der Waals surface area contributed by atoms with Crippen LogP contribution in [-0.2, 0) is 9.59 Å². The van der Waals surface area contributed by atoms with Gasteiger partial charge in [0, 0.05) is 64.5 Å². The van der Waals surface area contributed by atoms with Crippen molar-refractivity contribution in [1.29, 1.82) is 0 Å². The SMILES string of the molecule is CC(=O)N(CCC(=O)N1CCN(c2ncccn2)CC1)C1CCCC1. The van der Waals surface area contributed by atoms with Crippen LogP contribution in [0.4, 0.5) is 5.95 Å². The number of carbonyl (C=O) groups is 2. The minimum atomic E-state index is 0.0887. The van der Waals surface area contributed by atoms with E-state index in [4.69, 9.17) is 0 Å². The summed E-state index contributed by atoms with van der Waals surface area (Å²) in [6, 6.07) is 2.13. The largest absolute Gasteiger partial charge is 0.339 e. The predicted octanol–water partition coefficient (Wildman–Crippen LogP) is 1.31. The Morgan fingerprint density at radius 3 is 2.36 bits per heavy atom. The molecule has 0 N–H and O–H groups in total. The molecule has 0 radical (unpaired) electrons. The average Bonchev–Trinajstić information content (AvgIpc) is 3.16. The second-order valence-electron chi connectivity index (χ2n) is 6.82. The van der Waals surface area contributed by atoms with E-state index in [1.54, 1.807) is 25.4 Å². The lowest BCUT2D eigenvalue weighted by Gasteiger charge is -2.35. The number of hydrogen-bond acceptors (Lipinski definition) is 5. The summed E-state index contributed by atoms with van der Waals surface area (Å²) in [5.74, 6) is 0.946. The molecule has 1 saturated heterocycles. The predicted molar refractivity (Wildman–Crippen MR) is 95.1 cm³/mol. The van der Waals surface area contributed by atoms with Crippen LogP contribution in [0.3, 0.4) is 0 Å². The molecule has 0 unspecified atom stereocenters. The van der Waals surface area contributed by atoms with Gasteiger partial charge < -0.3 is 14.7 Å². The van der Waals surface area contributed by atoms with E-state index in [9.17, 15) is 9.59 Å². The second kappa shape index (κ2) is 8.27. The summed E-state index contributed by atoms with van der Waals surface area (Å²) >= 11 is 0. The van der Waals surface area contributed by atoms with Crippen molar-refractivity contribution in [2.75, 3.05) is 37.6 Å². The fourth-order valence-corrected chi connectivity index (χ4v) is 3.80. The standard InChI is InChI=1S/C18H27N5O2/c1-15(24)23(16-5-2-3-6-16)10-7-17(25)21-11-13-22(14-12-21)18-19-8-4-9-20-18/h4,8-9,16H,2-3,5-7,10-14H2,1H3. The number of hydrogen-bond donors (Lipinski definition) is 0. The molecule has 2 heterocycles. The van der Waals surface area contributed by atoms with Crippen molar-refractivity contribution < 1.29 is 9.59 Å². The van der Waals surface area contributed by atoms with Crippen molar-refractivity contribution in [3.05, 3.63) is 18.5 Å². The highest BCUT2D eigenvalue weighted by Gasteiger charge is 2.27. The van der Waals surface area contributed by atoms with E-state index in [1.807, 2.05) is 9.80 Å². The Balaban J connectivity index is 1.46. The number of carbonyl (C=O) groups excluding carboxylic acids is 2. The molecule has 7 heteroatoms. The van der Waals surface area contributed by atoms with Crippen LogP contribution in [0.1, 0.15) is 39.0 Å². The molecule has 0 atom stereocenters. The highest BCUT2D eigenvalue weighted by atomic mass is 16.2. The quantitative estimate of drug-likeness (QED) is 0.805. The van der Waals surface area contributed by atoms with Crippen LogP contribution in [0, 0.1) is 0 Å². The van der Waals surface area contributed by atoms with Crippen LogP contribution in [0.5, 0.6) is 0 Å². The zero-order valence-electron chi connectivity index (χ0n) is 14.9. The zero-order valence-corrected chi connectivity index (χ0v) is 14.9. The zero-order chi connectivity index (χ0) is 17.6. The molecule has 25 heavy (non-hydrogen) atoms. The van der Waals surface area contributed by atoms with Gasteiger partial charge in [-0.15, -0.1) is 0 Å². The van der Waals surface area contributed by atoms with Gasteiger partial charge in [0.2, 0.25) is 17.8 Å². The summed E-state index contributed by atoms with van der Waals surface area (Å²) in [6.07, 6.45) is 8.40. The fourth-order valence-electron chi connectivity index (χ4n) is 3.80. The second-order valence-corrected chi connectivity index (χ2v) is 6.82. The lowest BCUT2D eigenvalue weighted by Crippen LogP contribution is -2.50. The number of rotatable bonds is 5. The first-order valence-corrected chi connectivity index (χ1v) is 9.22. The van der Waals surface area contributed by atoms with Crippen LogP contribution in [0.2, 0.25) is 0 Å². The molecule has 0 aromatic carbocycles. The van der Waals surface area contributed by atoms with Crippen LogP contribution >= 0.6 is 0 Å². The molecule has 3 rings (SSSR count). The van der Waals surface area contributed by atoms with Gasteiger partial charge in [-0.1, -0.05) is 12.8 Å². The summed E-state index contributed by atoms with van der Waals surface area (Å²) in [7, 11) is 0. The highest BCUT2D eigenvalue weighted by molar-refractivity contribution is 5.78. The Labute approximate surface area is 149 Å². The Bertz CT molecular complexity index is 580. The Hall–Kier alpha value is -2.18. The van der Waals surface area contributed by atoms with Crippen LogP contribution in [0.15, 0.2) is 18.5 Å². The third kappa shape index (κ3) is 4.46. The third-order valence-electron chi connectivity index (χ3n) is 5.20. The molecular weight excluding hydrogens is 318 g/mol. The molecule has 0 spiro atoms. The Morgan fingerprint density at radius 2 is 1.76 bits per heavy atom. The normalized spacial score (nSPS) is 18.4. The summed E-state index contributed by atoms with van der Waals surface area (Å²) in [5.41, 5.74) is 0.